The number of carbonyl (C=O) groups excluding carboxylic acids is 1. The minimum atomic E-state index is -0.177. The van der Waals surface area contributed by atoms with Gasteiger partial charge in [0.25, 0.3) is 0 Å². The first kappa shape index (κ1) is 13.9. The normalized spacial score (nSPS) is 16.1. The van der Waals surface area contributed by atoms with Gasteiger partial charge in [-0.15, -0.1) is 0 Å². The van der Waals surface area contributed by atoms with E-state index in [0.717, 1.165) is 37.3 Å². The maximum absolute atomic E-state index is 11.6. The molecule has 0 radical (unpaired) electrons. The van der Waals surface area contributed by atoms with Crippen molar-refractivity contribution < 1.29 is 14.3 Å². The van der Waals surface area contributed by atoms with Gasteiger partial charge in [0.15, 0.2) is 0 Å². The van der Waals surface area contributed by atoms with Crippen molar-refractivity contribution in [2.24, 2.45) is 0 Å². The summed E-state index contributed by atoms with van der Waals surface area (Å²) >= 11 is 0. The average Bonchev–Trinajstić information content (AvgIpc) is 2.42. The molecule has 0 aliphatic carbocycles. The van der Waals surface area contributed by atoms with Crippen LogP contribution in [-0.2, 0) is 20.7 Å². The van der Waals surface area contributed by atoms with E-state index in [9.17, 15) is 4.79 Å². The van der Waals surface area contributed by atoms with Crippen molar-refractivity contribution in [1.82, 2.24) is 0 Å². The lowest BCUT2D eigenvalue weighted by Gasteiger charge is -2.25. The fraction of sp³-hybridized carbons (Fsp3) is 0.533. The molecular weight excluding hydrogens is 242 g/mol. The van der Waals surface area contributed by atoms with E-state index < -0.39 is 0 Å². The van der Waals surface area contributed by atoms with E-state index in [-0.39, 0.29) is 5.97 Å². The summed E-state index contributed by atoms with van der Waals surface area (Å²) in [5.74, 6) is -0.177. The van der Waals surface area contributed by atoms with Gasteiger partial charge in [-0.2, -0.15) is 0 Å². The number of rotatable bonds is 5. The van der Waals surface area contributed by atoms with Gasteiger partial charge in [0.05, 0.1) is 13.0 Å². The van der Waals surface area contributed by atoms with Crippen molar-refractivity contribution in [3.8, 4) is 0 Å². The SMILES string of the molecule is CCOC(=O)Cc1ccccc1NC1CCOCC1. The highest BCUT2D eigenvalue weighted by Gasteiger charge is 2.15. The molecule has 0 unspecified atom stereocenters. The fourth-order valence-corrected chi connectivity index (χ4v) is 2.24. The number of esters is 1. The standard InChI is InChI=1S/C15H21NO3/c1-2-19-15(17)11-12-5-3-4-6-14(12)16-13-7-9-18-10-8-13/h3-6,13,16H,2,7-11H2,1H3. The summed E-state index contributed by atoms with van der Waals surface area (Å²) in [5.41, 5.74) is 2.02. The average molecular weight is 263 g/mol. The molecule has 1 aromatic rings. The monoisotopic (exact) mass is 263 g/mol. The molecule has 1 N–H and O–H groups in total. The summed E-state index contributed by atoms with van der Waals surface area (Å²) in [6, 6.07) is 8.35. The Labute approximate surface area is 114 Å². The third kappa shape index (κ3) is 4.24. The molecule has 4 heteroatoms. The lowest BCUT2D eigenvalue weighted by Crippen LogP contribution is -2.28. The largest absolute Gasteiger partial charge is 0.466 e. The van der Waals surface area contributed by atoms with Crippen LogP contribution in [0.4, 0.5) is 5.69 Å². The molecule has 4 nitrogen and oxygen atoms in total. The molecule has 104 valence electrons. The Morgan fingerprint density at radius 3 is 2.84 bits per heavy atom. The van der Waals surface area contributed by atoms with Crippen LogP contribution in [0.15, 0.2) is 24.3 Å². The molecule has 1 heterocycles. The topological polar surface area (TPSA) is 47.6 Å². The first-order valence-electron chi connectivity index (χ1n) is 6.87. The highest BCUT2D eigenvalue weighted by atomic mass is 16.5. The molecule has 1 saturated heterocycles. The molecular formula is C15H21NO3. The lowest BCUT2D eigenvalue weighted by molar-refractivity contribution is -0.142. The van der Waals surface area contributed by atoms with Crippen LogP contribution in [0, 0.1) is 0 Å². The summed E-state index contributed by atoms with van der Waals surface area (Å²) in [6.07, 6.45) is 2.34. The highest BCUT2D eigenvalue weighted by Crippen LogP contribution is 2.20. The summed E-state index contributed by atoms with van der Waals surface area (Å²) in [6.45, 7) is 3.86. The Kier molecular flexibility index (Phi) is 5.21. The molecule has 0 atom stereocenters. The van der Waals surface area contributed by atoms with Crippen LogP contribution in [0.5, 0.6) is 0 Å². The Morgan fingerprint density at radius 1 is 1.37 bits per heavy atom. The molecule has 0 aromatic heterocycles. The maximum Gasteiger partial charge on any atom is 0.310 e. The van der Waals surface area contributed by atoms with Gasteiger partial charge in [0, 0.05) is 24.9 Å². The summed E-state index contributed by atoms with van der Waals surface area (Å²) in [7, 11) is 0. The highest BCUT2D eigenvalue weighted by molar-refractivity contribution is 5.75. The molecule has 19 heavy (non-hydrogen) atoms. The van der Waals surface area contributed by atoms with Crippen molar-refractivity contribution in [2.45, 2.75) is 32.2 Å². The second-order valence-electron chi connectivity index (χ2n) is 4.67. The Bertz CT molecular complexity index is 414. The second kappa shape index (κ2) is 7.14. The molecule has 1 fully saturated rings. The zero-order valence-corrected chi connectivity index (χ0v) is 11.4. The van der Waals surface area contributed by atoms with E-state index in [1.165, 1.54) is 0 Å². The Morgan fingerprint density at radius 2 is 2.11 bits per heavy atom. The van der Waals surface area contributed by atoms with Crippen LogP contribution in [0.25, 0.3) is 0 Å². The fourth-order valence-electron chi connectivity index (χ4n) is 2.24. The molecule has 1 aromatic carbocycles. The minimum absolute atomic E-state index is 0.177. The quantitative estimate of drug-likeness (QED) is 0.829. The maximum atomic E-state index is 11.6. The number of anilines is 1. The predicted molar refractivity (Wildman–Crippen MR) is 74.2 cm³/mol. The van der Waals surface area contributed by atoms with E-state index in [1.54, 1.807) is 0 Å². The third-order valence-corrected chi connectivity index (χ3v) is 3.24. The van der Waals surface area contributed by atoms with Crippen LogP contribution >= 0.6 is 0 Å². The first-order valence-corrected chi connectivity index (χ1v) is 6.87. The van der Waals surface area contributed by atoms with Gasteiger partial charge in [-0.25, -0.2) is 0 Å². The molecule has 0 saturated carbocycles. The van der Waals surface area contributed by atoms with Crippen molar-refractivity contribution in [3.05, 3.63) is 29.8 Å². The minimum Gasteiger partial charge on any atom is -0.466 e. The van der Waals surface area contributed by atoms with Crippen LogP contribution in [-0.4, -0.2) is 31.8 Å². The van der Waals surface area contributed by atoms with Crippen molar-refractivity contribution >= 4 is 11.7 Å². The van der Waals surface area contributed by atoms with Gasteiger partial charge in [-0.1, -0.05) is 18.2 Å². The van der Waals surface area contributed by atoms with Crippen LogP contribution in [0.1, 0.15) is 25.3 Å². The summed E-state index contributed by atoms with van der Waals surface area (Å²) in [4.78, 5) is 11.6. The van der Waals surface area contributed by atoms with E-state index in [1.807, 2.05) is 31.2 Å². The summed E-state index contributed by atoms with van der Waals surface area (Å²) in [5, 5.41) is 3.51. The van der Waals surface area contributed by atoms with Gasteiger partial charge in [0.1, 0.15) is 0 Å². The second-order valence-corrected chi connectivity index (χ2v) is 4.67. The molecule has 2 rings (SSSR count). The zero-order chi connectivity index (χ0) is 13.5. The van der Waals surface area contributed by atoms with E-state index in [0.29, 0.717) is 19.1 Å². The lowest BCUT2D eigenvalue weighted by atomic mass is 10.1. The molecule has 1 aliphatic heterocycles. The number of benzene rings is 1. The van der Waals surface area contributed by atoms with E-state index in [2.05, 4.69) is 5.32 Å². The zero-order valence-electron chi connectivity index (χ0n) is 11.4. The molecule has 0 bridgehead atoms. The van der Waals surface area contributed by atoms with Gasteiger partial charge in [-0.05, 0) is 31.4 Å². The molecule has 0 spiro atoms. The predicted octanol–water partition coefficient (Wildman–Crippen LogP) is 2.38. The van der Waals surface area contributed by atoms with Gasteiger partial charge in [-0.3, -0.25) is 4.79 Å². The van der Waals surface area contributed by atoms with Gasteiger partial charge < -0.3 is 14.8 Å². The van der Waals surface area contributed by atoms with Gasteiger partial charge >= 0.3 is 5.97 Å². The molecule has 1 aliphatic rings. The van der Waals surface area contributed by atoms with E-state index >= 15 is 0 Å². The van der Waals surface area contributed by atoms with Crippen LogP contribution in [0.2, 0.25) is 0 Å². The smallest absolute Gasteiger partial charge is 0.310 e. The number of hydrogen-bond acceptors (Lipinski definition) is 4. The number of hydrogen-bond donors (Lipinski definition) is 1. The first-order chi connectivity index (χ1) is 9.29. The number of para-hydroxylation sites is 1. The van der Waals surface area contributed by atoms with Crippen molar-refractivity contribution in [1.29, 1.82) is 0 Å². The van der Waals surface area contributed by atoms with Gasteiger partial charge in [0.2, 0.25) is 0 Å². The molecule has 0 amide bonds. The number of carbonyl (C=O) groups is 1. The van der Waals surface area contributed by atoms with Crippen LogP contribution in [0.3, 0.4) is 0 Å². The summed E-state index contributed by atoms with van der Waals surface area (Å²) < 4.78 is 10.4. The van der Waals surface area contributed by atoms with Crippen LogP contribution < -0.4 is 5.32 Å². The Balaban J connectivity index is 2.00. The number of ether oxygens (including phenoxy) is 2. The van der Waals surface area contributed by atoms with Crippen molar-refractivity contribution in [2.75, 3.05) is 25.1 Å². The number of nitrogens with one attached hydrogen (secondary N) is 1. The van der Waals surface area contributed by atoms with E-state index in [4.69, 9.17) is 9.47 Å². The van der Waals surface area contributed by atoms with Crippen molar-refractivity contribution in [3.63, 3.8) is 0 Å². The Hall–Kier alpha value is -1.55. The third-order valence-electron chi connectivity index (χ3n) is 3.24.